The van der Waals surface area contributed by atoms with Gasteiger partial charge in [0.25, 0.3) is 10.0 Å². The van der Waals surface area contributed by atoms with E-state index in [4.69, 9.17) is 4.42 Å². The zero-order valence-electron chi connectivity index (χ0n) is 15.7. The van der Waals surface area contributed by atoms with Gasteiger partial charge in [-0.1, -0.05) is 48.6 Å². The lowest BCUT2D eigenvalue weighted by atomic mass is 10.1. The summed E-state index contributed by atoms with van der Waals surface area (Å²) in [6, 6.07) is 12.1. The monoisotopic (exact) mass is 423 g/mol. The summed E-state index contributed by atoms with van der Waals surface area (Å²) in [6.45, 7) is 5.09. The molecule has 28 heavy (non-hydrogen) atoms. The number of nitrogens with one attached hydrogen (secondary N) is 2. The van der Waals surface area contributed by atoms with Crippen LogP contribution >= 0.6 is 11.3 Å². The van der Waals surface area contributed by atoms with E-state index in [-0.39, 0.29) is 19.9 Å². The summed E-state index contributed by atoms with van der Waals surface area (Å²) in [6.07, 6.45) is 0.602. The summed E-state index contributed by atoms with van der Waals surface area (Å²) < 4.78 is 33.9. The first-order valence-electron chi connectivity index (χ1n) is 8.72. The molecule has 0 saturated heterocycles. The van der Waals surface area contributed by atoms with E-state index in [0.717, 1.165) is 5.56 Å². The van der Waals surface area contributed by atoms with Gasteiger partial charge in [0.15, 0.2) is 5.13 Å². The number of rotatable bonds is 7. The first-order valence-corrected chi connectivity index (χ1v) is 11.0. The molecule has 2 aromatic heterocycles. The number of thiazole rings is 1. The van der Waals surface area contributed by atoms with Gasteiger partial charge in [-0.15, -0.1) is 0 Å². The first-order chi connectivity index (χ1) is 13.3. The van der Waals surface area contributed by atoms with Crippen molar-refractivity contribution in [2.24, 2.45) is 0 Å². The number of hydrogen-bond acceptors (Lipinski definition) is 6. The van der Waals surface area contributed by atoms with Crippen molar-refractivity contribution < 1.29 is 20.5 Å². The number of aromatic nitrogens is 1. The van der Waals surface area contributed by atoms with Crippen molar-refractivity contribution in [2.75, 3.05) is 5.32 Å². The van der Waals surface area contributed by atoms with Crippen LogP contribution in [0.2, 0.25) is 0 Å². The van der Waals surface area contributed by atoms with Crippen LogP contribution in [0.3, 0.4) is 0 Å². The normalized spacial score (nSPS) is 12.7. The van der Waals surface area contributed by atoms with Gasteiger partial charge in [0, 0.05) is 15.8 Å². The molecular weight excluding hydrogens is 398 g/mol. The molecule has 0 aliphatic rings. The Balaban J connectivity index is 0.00000225. The van der Waals surface area contributed by atoms with E-state index in [1.807, 2.05) is 37.3 Å². The third kappa shape index (κ3) is 4.49. The molecule has 0 aliphatic heterocycles. The Hall–Kier alpha value is -2.49. The van der Waals surface area contributed by atoms with Crippen LogP contribution in [0.5, 0.6) is 0 Å². The van der Waals surface area contributed by atoms with Crippen LogP contribution in [0.4, 0.5) is 5.13 Å². The SMILES string of the molecule is CC[C@H](NS(=O)(=O)c1ccc(-c2sc(NC(C)=O)nc2C)o1)c1ccccc1.[HH].[HH]. The van der Waals surface area contributed by atoms with Crippen molar-refractivity contribution in [3.05, 3.63) is 53.7 Å². The second kappa shape index (κ2) is 8.26. The van der Waals surface area contributed by atoms with Crippen LogP contribution < -0.4 is 10.0 Å². The minimum Gasteiger partial charge on any atom is -0.442 e. The lowest BCUT2D eigenvalue weighted by molar-refractivity contribution is -0.114. The second-order valence-corrected chi connectivity index (χ2v) is 8.87. The smallest absolute Gasteiger partial charge is 0.274 e. The average Bonchev–Trinajstić information content (AvgIpc) is 3.27. The van der Waals surface area contributed by atoms with Crippen LogP contribution in [-0.4, -0.2) is 19.3 Å². The summed E-state index contributed by atoms with van der Waals surface area (Å²) >= 11 is 1.23. The third-order valence-corrected chi connectivity index (χ3v) is 6.49. The minimum atomic E-state index is -3.83. The predicted molar refractivity (Wildman–Crippen MR) is 113 cm³/mol. The van der Waals surface area contributed by atoms with Crippen LogP contribution in [0, 0.1) is 6.92 Å². The van der Waals surface area contributed by atoms with E-state index >= 15 is 0 Å². The van der Waals surface area contributed by atoms with Crippen molar-refractivity contribution in [2.45, 2.75) is 38.3 Å². The van der Waals surface area contributed by atoms with Gasteiger partial charge in [0.1, 0.15) is 5.76 Å². The van der Waals surface area contributed by atoms with Crippen molar-refractivity contribution in [3.63, 3.8) is 0 Å². The van der Waals surface area contributed by atoms with E-state index < -0.39 is 10.0 Å². The summed E-state index contributed by atoms with van der Waals surface area (Å²) in [4.78, 5) is 16.1. The molecule has 0 fully saturated rings. The van der Waals surface area contributed by atoms with E-state index in [9.17, 15) is 13.2 Å². The predicted octanol–water partition coefficient (Wildman–Crippen LogP) is 4.59. The van der Waals surface area contributed by atoms with Crippen molar-refractivity contribution in [1.82, 2.24) is 9.71 Å². The Morgan fingerprint density at radius 1 is 1.25 bits per heavy atom. The Morgan fingerprint density at radius 2 is 1.96 bits per heavy atom. The molecule has 2 heterocycles. The number of benzene rings is 1. The highest BCUT2D eigenvalue weighted by Gasteiger charge is 2.25. The van der Waals surface area contributed by atoms with Gasteiger partial charge in [0.05, 0.1) is 10.6 Å². The van der Waals surface area contributed by atoms with Crippen LogP contribution in [0.1, 0.15) is 40.4 Å². The number of furan rings is 1. The molecule has 0 saturated carbocycles. The van der Waals surface area contributed by atoms with Crippen molar-refractivity contribution in [1.29, 1.82) is 0 Å². The highest BCUT2D eigenvalue weighted by molar-refractivity contribution is 7.89. The Kier molecular flexibility index (Phi) is 5.97. The molecule has 0 aliphatic carbocycles. The largest absolute Gasteiger partial charge is 0.442 e. The number of aryl methyl sites for hydroxylation is 1. The quantitative estimate of drug-likeness (QED) is 0.579. The molecule has 1 amide bonds. The Bertz CT molecular complexity index is 1080. The Morgan fingerprint density at radius 3 is 2.61 bits per heavy atom. The van der Waals surface area contributed by atoms with Gasteiger partial charge in [-0.3, -0.25) is 4.79 Å². The van der Waals surface area contributed by atoms with Crippen LogP contribution in [-0.2, 0) is 14.8 Å². The van der Waals surface area contributed by atoms with E-state index in [2.05, 4.69) is 15.0 Å². The van der Waals surface area contributed by atoms with Gasteiger partial charge >= 0.3 is 0 Å². The number of carbonyl (C=O) groups is 1. The van der Waals surface area contributed by atoms with E-state index in [1.54, 1.807) is 13.0 Å². The van der Waals surface area contributed by atoms with E-state index in [1.165, 1.54) is 24.3 Å². The molecule has 7 nitrogen and oxygen atoms in total. The highest BCUT2D eigenvalue weighted by Crippen LogP contribution is 2.35. The maximum atomic E-state index is 12.8. The molecule has 2 N–H and O–H groups in total. The van der Waals surface area contributed by atoms with Gasteiger partial charge in [-0.2, -0.15) is 0 Å². The molecule has 0 radical (unpaired) electrons. The van der Waals surface area contributed by atoms with Crippen LogP contribution in [0.25, 0.3) is 10.6 Å². The molecule has 0 spiro atoms. The fourth-order valence-corrected chi connectivity index (χ4v) is 4.95. The summed E-state index contributed by atoms with van der Waals surface area (Å²) in [5.41, 5.74) is 1.54. The molecule has 3 rings (SSSR count). The maximum Gasteiger partial charge on any atom is 0.274 e. The third-order valence-electron chi connectivity index (χ3n) is 4.06. The number of anilines is 1. The molecule has 1 aromatic carbocycles. The van der Waals surface area contributed by atoms with Crippen molar-refractivity contribution in [3.8, 4) is 10.6 Å². The fraction of sp³-hybridized carbons (Fsp3) is 0.263. The van der Waals surface area contributed by atoms with E-state index in [0.29, 0.717) is 27.9 Å². The molecule has 9 heteroatoms. The van der Waals surface area contributed by atoms with Crippen LogP contribution in [0.15, 0.2) is 52.0 Å². The zero-order chi connectivity index (χ0) is 20.3. The summed E-state index contributed by atoms with van der Waals surface area (Å²) in [5.74, 6) is 0.165. The molecular formula is C19H25N3O4S2. The zero-order valence-corrected chi connectivity index (χ0v) is 17.4. The van der Waals surface area contributed by atoms with Crippen molar-refractivity contribution >= 4 is 32.4 Å². The standard InChI is InChI=1S/C19H21N3O4S2.2H2/c1-4-15(14-8-6-5-7-9-14)22-28(24,25)17-11-10-16(26-17)18-12(2)20-19(27-18)21-13(3)23;;/h5-11,15,22H,4H2,1-3H3,(H,20,21,23);2*1H/t15-;;/m0../s1. The Labute approximate surface area is 170 Å². The average molecular weight is 424 g/mol. The topological polar surface area (TPSA) is 101 Å². The molecule has 3 aromatic rings. The number of sulfonamides is 1. The van der Waals surface area contributed by atoms with Gasteiger partial charge < -0.3 is 9.73 Å². The molecule has 1 atom stereocenters. The van der Waals surface area contributed by atoms with Gasteiger partial charge in [0.2, 0.25) is 11.0 Å². The van der Waals surface area contributed by atoms with Gasteiger partial charge in [-0.25, -0.2) is 18.1 Å². The summed E-state index contributed by atoms with van der Waals surface area (Å²) in [5, 5.41) is 2.90. The molecule has 152 valence electrons. The lowest BCUT2D eigenvalue weighted by Crippen LogP contribution is -2.28. The molecule has 0 bridgehead atoms. The number of hydrogen-bond donors (Lipinski definition) is 2. The lowest BCUT2D eigenvalue weighted by Gasteiger charge is -2.16. The fourth-order valence-electron chi connectivity index (χ4n) is 2.73. The number of amides is 1. The highest BCUT2D eigenvalue weighted by atomic mass is 32.2. The van der Waals surface area contributed by atoms with Gasteiger partial charge in [-0.05, 0) is 31.0 Å². The minimum absolute atomic E-state index is 0. The summed E-state index contributed by atoms with van der Waals surface area (Å²) in [7, 11) is -3.83. The maximum absolute atomic E-state index is 12.8. The molecule has 0 unspecified atom stereocenters. The number of nitrogens with zero attached hydrogens (tertiary/aromatic N) is 1. The number of carbonyl (C=O) groups excluding carboxylic acids is 1. The second-order valence-electron chi connectivity index (χ2n) is 6.23. The first kappa shape index (κ1) is 20.2.